The maximum Gasteiger partial charge on any atom is 0.340 e. The fourth-order valence-electron chi connectivity index (χ4n) is 1.53. The van der Waals surface area contributed by atoms with E-state index in [1.807, 2.05) is 0 Å². The zero-order chi connectivity index (χ0) is 20.9. The lowest BCUT2D eigenvalue weighted by atomic mass is 10.2. The van der Waals surface area contributed by atoms with Crippen LogP contribution in [0.3, 0.4) is 0 Å². The Hall–Kier alpha value is -2.47. The van der Waals surface area contributed by atoms with Crippen molar-refractivity contribution in [3.63, 3.8) is 0 Å². The van der Waals surface area contributed by atoms with E-state index in [0.29, 0.717) is 0 Å². The van der Waals surface area contributed by atoms with Crippen molar-refractivity contribution in [1.82, 2.24) is 0 Å². The number of hydrogen-bond donors (Lipinski definition) is 0. The van der Waals surface area contributed by atoms with E-state index < -0.39 is 85.0 Å². The summed E-state index contributed by atoms with van der Waals surface area (Å²) in [5.74, 6) is -21.3. The van der Waals surface area contributed by atoms with Crippen LogP contribution >= 0.6 is 0 Å². The molecule has 0 saturated carbocycles. The summed E-state index contributed by atoms with van der Waals surface area (Å²) < 4.78 is 122. The number of benzene rings is 1. The first kappa shape index (κ1) is 22.6. The average molecular weight is 412 g/mol. The SMILES string of the molecule is O=C(CCCC(=O)Oc1c(F)c(F)c(F)c(F)c1F)OCC(F)(F)C(F)F. The van der Waals surface area contributed by atoms with E-state index >= 15 is 0 Å². The van der Waals surface area contributed by atoms with Gasteiger partial charge in [-0.2, -0.15) is 17.6 Å². The van der Waals surface area contributed by atoms with Crippen molar-refractivity contribution in [2.75, 3.05) is 6.61 Å². The van der Waals surface area contributed by atoms with Crippen LogP contribution < -0.4 is 4.74 Å². The minimum atomic E-state index is -4.57. The summed E-state index contributed by atoms with van der Waals surface area (Å²) in [4.78, 5) is 22.4. The third-order valence-corrected chi connectivity index (χ3v) is 2.89. The summed E-state index contributed by atoms with van der Waals surface area (Å²) in [6.45, 7) is -1.90. The molecule has 0 bridgehead atoms. The largest absolute Gasteiger partial charge is 0.459 e. The van der Waals surface area contributed by atoms with E-state index in [1.54, 1.807) is 0 Å². The van der Waals surface area contributed by atoms with Crippen molar-refractivity contribution in [3.8, 4) is 5.75 Å². The number of rotatable bonds is 8. The lowest BCUT2D eigenvalue weighted by Crippen LogP contribution is -2.33. The molecule has 0 aliphatic carbocycles. The summed E-state index contributed by atoms with van der Waals surface area (Å²) >= 11 is 0. The van der Waals surface area contributed by atoms with Crippen molar-refractivity contribution in [2.24, 2.45) is 0 Å². The molecular formula is C14H9F9O4. The highest BCUT2D eigenvalue weighted by Crippen LogP contribution is 2.29. The van der Waals surface area contributed by atoms with Crippen LogP contribution in [0.5, 0.6) is 5.75 Å². The zero-order valence-corrected chi connectivity index (χ0v) is 12.9. The molecule has 0 aromatic heterocycles. The van der Waals surface area contributed by atoms with Gasteiger partial charge in [-0.05, 0) is 6.42 Å². The Bertz CT molecular complexity index is 692. The Balaban J connectivity index is 2.55. The van der Waals surface area contributed by atoms with Gasteiger partial charge in [0, 0.05) is 12.8 Å². The van der Waals surface area contributed by atoms with Gasteiger partial charge in [0.05, 0.1) is 0 Å². The van der Waals surface area contributed by atoms with Gasteiger partial charge in [0.1, 0.15) is 0 Å². The fraction of sp³-hybridized carbons (Fsp3) is 0.429. The molecule has 0 spiro atoms. The van der Waals surface area contributed by atoms with Crippen molar-refractivity contribution in [1.29, 1.82) is 0 Å². The molecule has 0 aliphatic rings. The number of hydrogen-bond acceptors (Lipinski definition) is 4. The van der Waals surface area contributed by atoms with E-state index in [-0.39, 0.29) is 0 Å². The summed E-state index contributed by atoms with van der Waals surface area (Å²) in [5, 5.41) is 0. The standard InChI is InChI=1S/C14H9F9O4/c15-7-8(16)10(18)12(11(19)9(7)17)27-6(25)3-1-2-5(24)26-4-14(22,23)13(20)21/h13H,1-4H2. The normalized spacial score (nSPS) is 11.6. The summed E-state index contributed by atoms with van der Waals surface area (Å²) in [6.07, 6.45) is -6.12. The number of halogens is 9. The lowest BCUT2D eigenvalue weighted by Gasteiger charge is -2.14. The predicted molar refractivity (Wildman–Crippen MR) is 67.6 cm³/mol. The highest BCUT2D eigenvalue weighted by Gasteiger charge is 2.42. The van der Waals surface area contributed by atoms with Crippen LogP contribution in [0, 0.1) is 29.1 Å². The Morgan fingerprint density at radius 1 is 0.815 bits per heavy atom. The van der Waals surface area contributed by atoms with Gasteiger partial charge in [-0.15, -0.1) is 0 Å². The Morgan fingerprint density at radius 3 is 1.74 bits per heavy atom. The van der Waals surface area contributed by atoms with Gasteiger partial charge in [-0.3, -0.25) is 9.59 Å². The van der Waals surface area contributed by atoms with Crippen LogP contribution in [0.2, 0.25) is 0 Å². The summed E-state index contributed by atoms with van der Waals surface area (Å²) in [6, 6.07) is 0. The number of carbonyl (C=O) groups excluding carboxylic acids is 2. The molecule has 0 aliphatic heterocycles. The first-order chi connectivity index (χ1) is 12.4. The Morgan fingerprint density at radius 2 is 1.26 bits per heavy atom. The molecule has 0 unspecified atom stereocenters. The van der Waals surface area contributed by atoms with E-state index in [2.05, 4.69) is 9.47 Å². The molecule has 0 radical (unpaired) electrons. The predicted octanol–water partition coefficient (Wildman–Crippen LogP) is 3.90. The van der Waals surface area contributed by atoms with Crippen molar-refractivity contribution < 1.29 is 58.6 Å². The Labute approximate surface area is 144 Å². The molecule has 1 aromatic carbocycles. The molecule has 1 rings (SSSR count). The maximum atomic E-state index is 13.3. The maximum absolute atomic E-state index is 13.3. The molecule has 152 valence electrons. The van der Waals surface area contributed by atoms with Gasteiger partial charge in [-0.25, -0.2) is 22.0 Å². The van der Waals surface area contributed by atoms with Crippen LogP contribution in [0.25, 0.3) is 0 Å². The fourth-order valence-corrected chi connectivity index (χ4v) is 1.53. The van der Waals surface area contributed by atoms with Crippen LogP contribution in [0.1, 0.15) is 19.3 Å². The van der Waals surface area contributed by atoms with Gasteiger partial charge in [0.25, 0.3) is 0 Å². The van der Waals surface area contributed by atoms with Gasteiger partial charge in [-0.1, -0.05) is 0 Å². The van der Waals surface area contributed by atoms with E-state index in [1.165, 1.54) is 0 Å². The molecule has 0 heterocycles. The highest BCUT2D eigenvalue weighted by atomic mass is 19.3. The molecule has 0 N–H and O–H groups in total. The number of carbonyl (C=O) groups is 2. The van der Waals surface area contributed by atoms with Gasteiger partial charge >= 0.3 is 24.3 Å². The van der Waals surface area contributed by atoms with Gasteiger partial charge in [0.2, 0.25) is 34.8 Å². The molecule has 0 fully saturated rings. The molecule has 0 atom stereocenters. The number of alkyl halides is 4. The molecule has 0 saturated heterocycles. The number of ether oxygens (including phenoxy) is 2. The minimum absolute atomic E-state index is 0.507. The second-order valence-electron chi connectivity index (χ2n) is 4.95. The third kappa shape index (κ3) is 5.76. The molecule has 4 nitrogen and oxygen atoms in total. The highest BCUT2D eigenvalue weighted by molar-refractivity contribution is 5.74. The average Bonchev–Trinajstić information content (AvgIpc) is 2.60. The van der Waals surface area contributed by atoms with Gasteiger partial charge < -0.3 is 9.47 Å². The second kappa shape index (κ2) is 8.95. The van der Waals surface area contributed by atoms with Crippen LogP contribution in [0.15, 0.2) is 0 Å². The topological polar surface area (TPSA) is 52.6 Å². The quantitative estimate of drug-likeness (QED) is 0.214. The first-order valence-corrected chi connectivity index (χ1v) is 6.92. The number of esters is 2. The monoisotopic (exact) mass is 412 g/mol. The molecule has 27 heavy (non-hydrogen) atoms. The van der Waals surface area contributed by atoms with E-state index in [9.17, 15) is 49.1 Å². The molecule has 1 aromatic rings. The van der Waals surface area contributed by atoms with Crippen LogP contribution in [-0.4, -0.2) is 30.9 Å². The van der Waals surface area contributed by atoms with E-state index in [4.69, 9.17) is 0 Å². The molecule has 0 amide bonds. The van der Waals surface area contributed by atoms with Crippen molar-refractivity contribution in [3.05, 3.63) is 29.1 Å². The third-order valence-electron chi connectivity index (χ3n) is 2.89. The zero-order valence-electron chi connectivity index (χ0n) is 12.9. The summed E-state index contributed by atoms with van der Waals surface area (Å²) in [5.41, 5.74) is 0. The van der Waals surface area contributed by atoms with E-state index in [0.717, 1.165) is 0 Å². The van der Waals surface area contributed by atoms with Crippen molar-refractivity contribution >= 4 is 11.9 Å². The second-order valence-corrected chi connectivity index (χ2v) is 4.95. The van der Waals surface area contributed by atoms with Gasteiger partial charge in [0.15, 0.2) is 6.61 Å². The smallest absolute Gasteiger partial charge is 0.340 e. The van der Waals surface area contributed by atoms with Crippen LogP contribution in [-0.2, 0) is 14.3 Å². The first-order valence-electron chi connectivity index (χ1n) is 6.92. The Kier molecular flexibility index (Phi) is 7.48. The minimum Gasteiger partial charge on any atom is -0.459 e. The van der Waals surface area contributed by atoms with Crippen molar-refractivity contribution in [2.45, 2.75) is 31.6 Å². The van der Waals surface area contributed by atoms with Crippen LogP contribution in [0.4, 0.5) is 39.5 Å². The summed E-state index contributed by atoms with van der Waals surface area (Å²) in [7, 11) is 0. The molecule has 13 heteroatoms. The lowest BCUT2D eigenvalue weighted by molar-refractivity contribution is -0.179. The molecular weight excluding hydrogens is 403 g/mol.